The van der Waals surface area contributed by atoms with Gasteiger partial charge in [0.25, 0.3) is 5.91 Å². The first-order valence-electron chi connectivity index (χ1n) is 9.55. The van der Waals surface area contributed by atoms with Gasteiger partial charge in [0.15, 0.2) is 6.61 Å². The Hall–Kier alpha value is -2.79. The Labute approximate surface area is 177 Å². The van der Waals surface area contributed by atoms with Crippen molar-refractivity contribution in [2.45, 2.75) is 18.0 Å². The van der Waals surface area contributed by atoms with Gasteiger partial charge in [0.1, 0.15) is 5.75 Å². The molecule has 1 N–H and O–H groups in total. The highest BCUT2D eigenvalue weighted by atomic mass is 32.2. The maximum Gasteiger partial charge on any atom is 0.416 e. The van der Waals surface area contributed by atoms with E-state index < -0.39 is 21.8 Å². The zero-order chi connectivity index (χ0) is 22.4. The second kappa shape index (κ2) is 7.72. The molecule has 2 aromatic rings. The molecule has 2 aliphatic heterocycles. The zero-order valence-electron chi connectivity index (χ0n) is 16.6. The van der Waals surface area contributed by atoms with E-state index in [-0.39, 0.29) is 30.5 Å². The molecular weight excluding hydrogens is 435 g/mol. The molecule has 0 radical (unpaired) electrons. The van der Waals surface area contributed by atoms with Gasteiger partial charge in [0, 0.05) is 31.9 Å². The summed E-state index contributed by atoms with van der Waals surface area (Å²) in [4.78, 5) is 13.5. The number of rotatable bonds is 3. The molecule has 1 amide bonds. The Balaban J connectivity index is 1.49. The Kier molecular flexibility index (Phi) is 5.34. The summed E-state index contributed by atoms with van der Waals surface area (Å²) in [6.07, 6.45) is -4.40. The number of piperazine rings is 1. The minimum atomic E-state index is -4.40. The summed E-state index contributed by atoms with van der Waals surface area (Å²) in [6.45, 7) is 2.59. The zero-order valence-corrected chi connectivity index (χ0v) is 17.4. The van der Waals surface area contributed by atoms with Gasteiger partial charge in [0.2, 0.25) is 10.0 Å². The van der Waals surface area contributed by atoms with Crippen LogP contribution >= 0.6 is 0 Å². The lowest BCUT2D eigenvalue weighted by Crippen LogP contribution is -2.48. The number of amides is 1. The van der Waals surface area contributed by atoms with E-state index in [1.807, 2.05) is 4.90 Å². The number of aryl methyl sites for hydroxylation is 1. The van der Waals surface area contributed by atoms with Crippen LogP contribution in [0.25, 0.3) is 0 Å². The molecule has 0 unspecified atom stereocenters. The van der Waals surface area contributed by atoms with Gasteiger partial charge in [-0.1, -0.05) is 0 Å². The number of anilines is 2. The lowest BCUT2D eigenvalue weighted by atomic mass is 10.2. The molecule has 0 atom stereocenters. The van der Waals surface area contributed by atoms with Crippen LogP contribution in [0.1, 0.15) is 11.1 Å². The number of nitrogens with one attached hydrogen (secondary N) is 1. The molecular formula is C20H20F3N3O4S. The number of carbonyl (C=O) groups is 1. The van der Waals surface area contributed by atoms with E-state index in [9.17, 15) is 26.4 Å². The number of fused-ring (bicyclic) bond motifs is 1. The van der Waals surface area contributed by atoms with Crippen LogP contribution in [0.3, 0.4) is 0 Å². The van der Waals surface area contributed by atoms with Crippen LogP contribution in [0.4, 0.5) is 24.5 Å². The van der Waals surface area contributed by atoms with Crippen LogP contribution in [0.15, 0.2) is 41.3 Å². The average molecular weight is 455 g/mol. The third kappa shape index (κ3) is 4.19. The van der Waals surface area contributed by atoms with E-state index in [1.165, 1.54) is 22.5 Å². The maximum atomic E-state index is 13.2. The van der Waals surface area contributed by atoms with Crippen molar-refractivity contribution in [1.29, 1.82) is 0 Å². The number of hydrogen-bond donors (Lipinski definition) is 1. The van der Waals surface area contributed by atoms with E-state index in [0.717, 1.165) is 12.1 Å². The first-order valence-corrected chi connectivity index (χ1v) is 11.0. The molecule has 2 aliphatic rings. The molecule has 0 bridgehead atoms. The molecule has 0 aliphatic carbocycles. The van der Waals surface area contributed by atoms with Crippen LogP contribution in [0, 0.1) is 6.92 Å². The number of carbonyl (C=O) groups excluding carboxylic acids is 1. The topological polar surface area (TPSA) is 79.0 Å². The normalized spacial score (nSPS) is 17.7. The molecule has 4 rings (SSSR count). The second-order valence-corrected chi connectivity index (χ2v) is 9.29. The highest BCUT2D eigenvalue weighted by molar-refractivity contribution is 7.89. The predicted octanol–water partition coefficient (Wildman–Crippen LogP) is 2.86. The highest BCUT2D eigenvalue weighted by Gasteiger charge is 2.33. The molecule has 31 heavy (non-hydrogen) atoms. The van der Waals surface area contributed by atoms with E-state index in [2.05, 4.69) is 5.32 Å². The lowest BCUT2D eigenvalue weighted by molar-refractivity contribution is -0.137. The summed E-state index contributed by atoms with van der Waals surface area (Å²) in [6, 6.07) is 7.81. The molecule has 0 spiro atoms. The third-order valence-corrected chi connectivity index (χ3v) is 7.37. The Morgan fingerprint density at radius 1 is 1.03 bits per heavy atom. The second-order valence-electron chi connectivity index (χ2n) is 7.39. The molecule has 11 heteroatoms. The number of benzene rings is 2. The first kappa shape index (κ1) is 21.4. The van der Waals surface area contributed by atoms with Crippen molar-refractivity contribution in [2.24, 2.45) is 0 Å². The van der Waals surface area contributed by atoms with Crippen LogP contribution in [0.2, 0.25) is 0 Å². The van der Waals surface area contributed by atoms with E-state index in [1.54, 1.807) is 13.0 Å². The van der Waals surface area contributed by atoms with Crippen LogP contribution in [0.5, 0.6) is 5.75 Å². The van der Waals surface area contributed by atoms with Crippen molar-refractivity contribution in [1.82, 2.24) is 4.31 Å². The van der Waals surface area contributed by atoms with Gasteiger partial charge >= 0.3 is 6.18 Å². The fourth-order valence-electron chi connectivity index (χ4n) is 3.67. The standard InChI is InChI=1S/C20H20F3N3O4S/c1-13-10-17-16(24-19(27)12-30-17)11-18(13)31(28,29)26-8-6-25(7-9-26)15-4-2-14(3-5-15)20(21,22)23/h2-5,10-11H,6-9,12H2,1H3,(H,24,27). The minimum absolute atomic E-state index is 0.0834. The van der Waals surface area contributed by atoms with Crippen LogP contribution in [-0.4, -0.2) is 51.4 Å². The van der Waals surface area contributed by atoms with Gasteiger partial charge in [0.05, 0.1) is 16.1 Å². The minimum Gasteiger partial charge on any atom is -0.482 e. The molecule has 0 saturated carbocycles. The maximum absolute atomic E-state index is 13.2. The summed E-state index contributed by atoms with van der Waals surface area (Å²) < 4.78 is 71.3. The number of halogens is 3. The summed E-state index contributed by atoms with van der Waals surface area (Å²) in [5.74, 6) is 0.0630. The molecule has 0 aromatic heterocycles. The number of nitrogens with zero attached hydrogens (tertiary/aromatic N) is 2. The fourth-order valence-corrected chi connectivity index (χ4v) is 5.33. The van der Waals surface area contributed by atoms with Gasteiger partial charge < -0.3 is 15.0 Å². The number of sulfonamides is 1. The monoisotopic (exact) mass is 455 g/mol. The molecule has 1 fully saturated rings. The van der Waals surface area contributed by atoms with Crippen molar-refractivity contribution in [3.8, 4) is 5.75 Å². The van der Waals surface area contributed by atoms with Crippen molar-refractivity contribution < 1.29 is 31.1 Å². The van der Waals surface area contributed by atoms with Crippen molar-refractivity contribution in [3.05, 3.63) is 47.5 Å². The smallest absolute Gasteiger partial charge is 0.416 e. The van der Waals surface area contributed by atoms with Crippen molar-refractivity contribution in [2.75, 3.05) is 43.0 Å². The van der Waals surface area contributed by atoms with Crippen LogP contribution < -0.4 is 15.0 Å². The Morgan fingerprint density at radius 3 is 2.29 bits per heavy atom. The SMILES string of the molecule is Cc1cc2c(cc1S(=O)(=O)N1CCN(c3ccc(C(F)(F)F)cc3)CC1)NC(=O)CO2. The molecule has 1 saturated heterocycles. The fraction of sp³-hybridized carbons (Fsp3) is 0.350. The van der Waals surface area contributed by atoms with Gasteiger partial charge in [-0.3, -0.25) is 4.79 Å². The highest BCUT2D eigenvalue weighted by Crippen LogP contribution is 2.35. The molecule has 2 heterocycles. The Morgan fingerprint density at radius 2 is 1.68 bits per heavy atom. The largest absolute Gasteiger partial charge is 0.482 e. The summed E-state index contributed by atoms with van der Waals surface area (Å²) in [5.41, 5.74) is 0.690. The average Bonchev–Trinajstić information content (AvgIpc) is 2.73. The van der Waals surface area contributed by atoms with E-state index in [4.69, 9.17) is 4.74 Å². The first-order chi connectivity index (χ1) is 14.6. The Bertz CT molecular complexity index is 1110. The molecule has 2 aromatic carbocycles. The number of ether oxygens (including phenoxy) is 1. The predicted molar refractivity (Wildman–Crippen MR) is 108 cm³/mol. The molecule has 166 valence electrons. The third-order valence-electron chi connectivity index (χ3n) is 5.33. The van der Waals surface area contributed by atoms with Gasteiger partial charge in [-0.05, 0) is 48.9 Å². The summed E-state index contributed by atoms with van der Waals surface area (Å²) in [5, 5.41) is 2.61. The quantitative estimate of drug-likeness (QED) is 0.770. The molecule has 7 nitrogen and oxygen atoms in total. The van der Waals surface area contributed by atoms with E-state index >= 15 is 0 Å². The van der Waals surface area contributed by atoms with Crippen molar-refractivity contribution in [3.63, 3.8) is 0 Å². The summed E-state index contributed by atoms with van der Waals surface area (Å²) >= 11 is 0. The van der Waals surface area contributed by atoms with Gasteiger partial charge in [-0.15, -0.1) is 0 Å². The number of hydrogen-bond acceptors (Lipinski definition) is 5. The van der Waals surface area contributed by atoms with Gasteiger partial charge in [-0.25, -0.2) is 8.42 Å². The lowest BCUT2D eigenvalue weighted by Gasteiger charge is -2.35. The van der Waals surface area contributed by atoms with Crippen molar-refractivity contribution >= 4 is 27.3 Å². The van der Waals surface area contributed by atoms with Crippen LogP contribution in [-0.2, 0) is 21.0 Å². The van der Waals surface area contributed by atoms with E-state index in [0.29, 0.717) is 35.8 Å². The number of alkyl halides is 3. The summed E-state index contributed by atoms with van der Waals surface area (Å²) in [7, 11) is -3.82. The van der Waals surface area contributed by atoms with Gasteiger partial charge in [-0.2, -0.15) is 17.5 Å².